The molecule has 2 heterocycles. The Hall–Kier alpha value is -2.67. The van der Waals surface area contributed by atoms with Gasteiger partial charge in [0.25, 0.3) is 0 Å². The van der Waals surface area contributed by atoms with Crippen LogP contribution in [0, 0.1) is 0 Å². The lowest BCUT2D eigenvalue weighted by molar-refractivity contribution is -0.129. The Morgan fingerprint density at radius 2 is 1.93 bits per heavy atom. The molecule has 1 fully saturated rings. The van der Waals surface area contributed by atoms with Crippen LogP contribution >= 0.6 is 11.8 Å². The van der Waals surface area contributed by atoms with E-state index in [0.717, 1.165) is 48.6 Å². The molecule has 2 aromatic heterocycles. The minimum atomic E-state index is 0.137. The second-order valence-corrected chi connectivity index (χ2v) is 8.99. The summed E-state index contributed by atoms with van der Waals surface area (Å²) in [6.45, 7) is 0. The Morgan fingerprint density at radius 1 is 1.13 bits per heavy atom. The summed E-state index contributed by atoms with van der Waals surface area (Å²) in [7, 11) is 1.93. The van der Waals surface area contributed by atoms with Gasteiger partial charge >= 0.3 is 0 Å². The van der Waals surface area contributed by atoms with Crippen LogP contribution in [0.25, 0.3) is 11.4 Å². The van der Waals surface area contributed by atoms with Crippen LogP contribution in [0.3, 0.4) is 0 Å². The first-order valence-electron chi connectivity index (χ1n) is 10.5. The van der Waals surface area contributed by atoms with Gasteiger partial charge in [0.15, 0.2) is 11.0 Å². The Morgan fingerprint density at radius 3 is 2.73 bits per heavy atom. The van der Waals surface area contributed by atoms with Gasteiger partial charge in [-0.3, -0.25) is 14.3 Å². The number of fused-ring (bicyclic) bond motifs is 1. The van der Waals surface area contributed by atoms with Gasteiger partial charge < -0.3 is 4.90 Å². The van der Waals surface area contributed by atoms with Crippen molar-refractivity contribution < 1.29 is 4.79 Å². The molecule has 0 saturated heterocycles. The average Bonchev–Trinajstić information content (AvgIpc) is 3.55. The summed E-state index contributed by atoms with van der Waals surface area (Å²) in [5.74, 6) is 1.37. The molecule has 0 N–H and O–H groups in total. The summed E-state index contributed by atoms with van der Waals surface area (Å²) in [4.78, 5) is 19.1. The number of nitrogens with zero attached hydrogens (tertiary/aromatic N) is 5. The molecular weight excluding hydrogens is 394 g/mol. The van der Waals surface area contributed by atoms with Gasteiger partial charge in [-0.25, -0.2) is 0 Å². The quantitative estimate of drug-likeness (QED) is 0.557. The van der Waals surface area contributed by atoms with Gasteiger partial charge in [-0.1, -0.05) is 36.0 Å². The van der Waals surface area contributed by atoms with Crippen molar-refractivity contribution >= 4 is 17.7 Å². The number of pyridine rings is 1. The molecule has 30 heavy (non-hydrogen) atoms. The van der Waals surface area contributed by atoms with Crippen LogP contribution in [0.15, 0.2) is 53.9 Å². The van der Waals surface area contributed by atoms with Crippen molar-refractivity contribution in [3.63, 3.8) is 0 Å². The first-order valence-corrected chi connectivity index (χ1v) is 11.5. The van der Waals surface area contributed by atoms with Gasteiger partial charge in [-0.2, -0.15) is 0 Å². The number of carbonyl (C=O) groups is 1. The molecule has 2 aliphatic carbocycles. The maximum atomic E-state index is 13.0. The molecule has 154 valence electrons. The molecule has 3 aromatic rings. The van der Waals surface area contributed by atoms with Crippen molar-refractivity contribution in [1.82, 2.24) is 24.6 Å². The largest absolute Gasteiger partial charge is 0.338 e. The van der Waals surface area contributed by atoms with Crippen molar-refractivity contribution in [2.45, 2.75) is 49.3 Å². The van der Waals surface area contributed by atoms with Crippen LogP contribution < -0.4 is 0 Å². The van der Waals surface area contributed by atoms with E-state index in [1.54, 1.807) is 12.4 Å². The molecule has 5 rings (SSSR count). The molecule has 1 amide bonds. The third kappa shape index (κ3) is 3.74. The summed E-state index contributed by atoms with van der Waals surface area (Å²) < 4.78 is 2.20. The topological polar surface area (TPSA) is 63.9 Å². The summed E-state index contributed by atoms with van der Waals surface area (Å²) in [5, 5.41) is 9.68. The third-order valence-corrected chi connectivity index (χ3v) is 6.97. The zero-order valence-electron chi connectivity index (χ0n) is 17.1. The number of aryl methyl sites for hydroxylation is 1. The number of aromatic nitrogens is 4. The van der Waals surface area contributed by atoms with Crippen molar-refractivity contribution in [1.29, 1.82) is 0 Å². The van der Waals surface area contributed by atoms with Gasteiger partial charge in [-0.05, 0) is 55.4 Å². The number of hydrogen-bond donors (Lipinski definition) is 0. The fourth-order valence-corrected chi connectivity index (χ4v) is 5.20. The van der Waals surface area contributed by atoms with Crippen molar-refractivity contribution in [3.05, 3.63) is 59.9 Å². The van der Waals surface area contributed by atoms with Crippen LogP contribution in [-0.4, -0.2) is 43.4 Å². The van der Waals surface area contributed by atoms with Crippen molar-refractivity contribution in [3.8, 4) is 11.4 Å². The molecule has 1 aromatic carbocycles. The molecule has 1 saturated carbocycles. The fraction of sp³-hybridized carbons (Fsp3) is 0.391. The summed E-state index contributed by atoms with van der Waals surface area (Å²) in [5.41, 5.74) is 3.68. The molecule has 0 spiro atoms. The van der Waals surface area contributed by atoms with Gasteiger partial charge in [-0.15, -0.1) is 10.2 Å². The van der Waals surface area contributed by atoms with E-state index in [2.05, 4.69) is 44.0 Å². The molecule has 0 bridgehead atoms. The fourth-order valence-electron chi connectivity index (χ4n) is 4.27. The zero-order valence-corrected chi connectivity index (χ0v) is 17.9. The predicted molar refractivity (Wildman–Crippen MR) is 117 cm³/mol. The maximum absolute atomic E-state index is 13.0. The predicted octanol–water partition coefficient (Wildman–Crippen LogP) is 4.30. The number of benzene rings is 1. The Balaban J connectivity index is 1.31. The number of rotatable bonds is 6. The second kappa shape index (κ2) is 8.22. The Labute approximate surface area is 180 Å². The number of carbonyl (C=O) groups excluding carboxylic acids is 1. The van der Waals surface area contributed by atoms with Crippen LogP contribution in [-0.2, 0) is 11.2 Å². The van der Waals surface area contributed by atoms with E-state index in [4.69, 9.17) is 0 Å². The lowest BCUT2D eigenvalue weighted by Gasteiger charge is -2.33. The van der Waals surface area contributed by atoms with E-state index in [1.807, 2.05) is 24.1 Å². The molecule has 0 aliphatic heterocycles. The summed E-state index contributed by atoms with van der Waals surface area (Å²) >= 11 is 1.50. The molecule has 0 radical (unpaired) electrons. The molecule has 6 nitrogen and oxygen atoms in total. The van der Waals surface area contributed by atoms with Crippen LogP contribution in [0.1, 0.15) is 48.9 Å². The number of amides is 1. The molecule has 2 aliphatic rings. The summed E-state index contributed by atoms with van der Waals surface area (Å²) in [6.07, 6.45) is 9.06. The zero-order chi connectivity index (χ0) is 20.5. The van der Waals surface area contributed by atoms with Gasteiger partial charge in [0, 0.05) is 31.0 Å². The van der Waals surface area contributed by atoms with E-state index >= 15 is 0 Å². The lowest BCUT2D eigenvalue weighted by atomic mass is 9.87. The number of thioether (sulfide) groups is 1. The highest BCUT2D eigenvalue weighted by atomic mass is 32.2. The first-order chi connectivity index (χ1) is 14.7. The Kier molecular flexibility index (Phi) is 5.29. The lowest BCUT2D eigenvalue weighted by Crippen LogP contribution is -2.34. The highest BCUT2D eigenvalue weighted by Crippen LogP contribution is 2.41. The molecular formula is C23H25N5OS. The monoisotopic (exact) mass is 419 g/mol. The van der Waals surface area contributed by atoms with E-state index in [-0.39, 0.29) is 11.9 Å². The standard InChI is InChI=1S/C23H25N5OS/c1-27(20-8-4-6-16-5-2-3-7-19(16)20)21(29)15-30-23-26-25-22(28(23)18-9-10-18)17-11-13-24-14-12-17/h2-3,5,7,11-14,18,20H,4,6,8-10,15H2,1H3/t20-/m1/s1. The van der Waals surface area contributed by atoms with E-state index < -0.39 is 0 Å². The minimum absolute atomic E-state index is 0.137. The van der Waals surface area contributed by atoms with Crippen molar-refractivity contribution in [2.24, 2.45) is 0 Å². The van der Waals surface area contributed by atoms with Crippen molar-refractivity contribution in [2.75, 3.05) is 12.8 Å². The maximum Gasteiger partial charge on any atom is 0.233 e. The summed E-state index contributed by atoms with van der Waals surface area (Å²) in [6, 6.07) is 13.0. The van der Waals surface area contributed by atoms with E-state index in [1.165, 1.54) is 22.9 Å². The highest BCUT2D eigenvalue weighted by molar-refractivity contribution is 7.99. The van der Waals surface area contributed by atoms with E-state index in [0.29, 0.717) is 11.8 Å². The number of hydrogen-bond acceptors (Lipinski definition) is 5. The second-order valence-electron chi connectivity index (χ2n) is 8.04. The molecule has 0 unspecified atom stereocenters. The van der Waals surface area contributed by atoms with Crippen LogP contribution in [0.2, 0.25) is 0 Å². The molecule has 1 atom stereocenters. The van der Waals surface area contributed by atoms with Crippen LogP contribution in [0.4, 0.5) is 0 Å². The normalized spacial score (nSPS) is 18.1. The molecule has 7 heteroatoms. The third-order valence-electron chi connectivity index (χ3n) is 6.04. The smallest absolute Gasteiger partial charge is 0.233 e. The van der Waals surface area contributed by atoms with Gasteiger partial charge in [0.1, 0.15) is 0 Å². The average molecular weight is 420 g/mol. The van der Waals surface area contributed by atoms with Crippen LogP contribution in [0.5, 0.6) is 0 Å². The van der Waals surface area contributed by atoms with Gasteiger partial charge in [0.05, 0.1) is 11.8 Å². The Bertz CT molecular complexity index is 1050. The SMILES string of the molecule is CN(C(=O)CSc1nnc(-c2ccncc2)n1C1CC1)[C@@H]1CCCc2ccccc21. The highest BCUT2D eigenvalue weighted by Gasteiger charge is 2.31. The minimum Gasteiger partial charge on any atom is -0.338 e. The first kappa shape index (κ1) is 19.3. The van der Waals surface area contributed by atoms with Gasteiger partial charge in [0.2, 0.25) is 5.91 Å². The van der Waals surface area contributed by atoms with E-state index in [9.17, 15) is 4.79 Å².